The van der Waals surface area contributed by atoms with Gasteiger partial charge in [0.2, 0.25) is 5.95 Å². The quantitative estimate of drug-likeness (QED) is 0.839. The maximum atomic E-state index is 6.24. The first-order chi connectivity index (χ1) is 12.0. The fourth-order valence-electron chi connectivity index (χ4n) is 2.79. The molecule has 3 rings (SSSR count). The van der Waals surface area contributed by atoms with Crippen LogP contribution < -0.4 is 5.73 Å². The predicted molar refractivity (Wildman–Crippen MR) is 96.1 cm³/mol. The number of nitrogen functional groups attached to an aromatic ring is 1. The number of methoxy groups -OCH3 is 1. The van der Waals surface area contributed by atoms with E-state index in [1.54, 1.807) is 18.0 Å². The largest absolute Gasteiger partial charge is 0.496 e. The zero-order chi connectivity index (χ0) is 18.1. The fraction of sp³-hybridized carbons (Fsp3) is 0.375. The van der Waals surface area contributed by atoms with Crippen molar-refractivity contribution in [3.63, 3.8) is 0 Å². The Morgan fingerprint density at radius 3 is 2.76 bits per heavy atom. The summed E-state index contributed by atoms with van der Waals surface area (Å²) in [5.41, 5.74) is 8.83. The molecule has 2 aromatic rings. The lowest BCUT2D eigenvalue weighted by Gasteiger charge is -2.11. The van der Waals surface area contributed by atoms with Crippen LogP contribution in [0.4, 0.5) is 5.95 Å². The van der Waals surface area contributed by atoms with E-state index < -0.39 is 0 Å². The van der Waals surface area contributed by atoms with E-state index >= 15 is 0 Å². The van der Waals surface area contributed by atoms with Crippen LogP contribution in [0, 0.1) is 0 Å². The summed E-state index contributed by atoms with van der Waals surface area (Å²) in [5, 5.41) is 9.56. The number of nitrogens with two attached hydrogens (primary N) is 1. The molecule has 0 atom stereocenters. The first-order valence-corrected chi connectivity index (χ1v) is 8.17. The van der Waals surface area contributed by atoms with Crippen LogP contribution in [-0.4, -0.2) is 33.1 Å². The number of nitrogens with zero attached hydrogens (tertiary/aromatic N) is 5. The first kappa shape index (κ1) is 17.2. The molecular weight excluding hydrogens is 344 g/mol. The number of aryl methyl sites for hydroxylation is 1. The Balaban J connectivity index is 2.12. The second-order valence-corrected chi connectivity index (χ2v) is 5.98. The number of allylic oxidation sites excluding steroid dienone is 3. The monoisotopic (exact) mass is 362 g/mol. The van der Waals surface area contributed by atoms with Gasteiger partial charge in [-0.3, -0.25) is 0 Å². The molecule has 0 fully saturated rings. The number of halogens is 1. The van der Waals surface area contributed by atoms with Gasteiger partial charge in [0.15, 0.2) is 11.4 Å². The van der Waals surface area contributed by atoms with E-state index in [0.29, 0.717) is 34.9 Å². The van der Waals surface area contributed by atoms with Gasteiger partial charge in [-0.05, 0) is 20.3 Å². The zero-order valence-corrected chi connectivity index (χ0v) is 15.3. The van der Waals surface area contributed by atoms with E-state index in [0.717, 1.165) is 22.6 Å². The van der Waals surface area contributed by atoms with E-state index in [4.69, 9.17) is 26.9 Å². The molecule has 0 aliphatic carbocycles. The summed E-state index contributed by atoms with van der Waals surface area (Å²) < 4.78 is 7.16. The molecule has 9 heteroatoms. The Kier molecular flexibility index (Phi) is 4.63. The lowest BCUT2D eigenvalue weighted by atomic mass is 10.1. The van der Waals surface area contributed by atoms with Gasteiger partial charge < -0.3 is 15.3 Å². The molecule has 3 heterocycles. The molecule has 0 saturated heterocycles. The topological polar surface area (TPSA) is 100 Å². The SMILES string of the molecule is CCc1nn(CC2=C(C)C(OC)=C(C)C=NO2)c2nc(N)nc(Cl)c12. The minimum Gasteiger partial charge on any atom is -0.496 e. The van der Waals surface area contributed by atoms with Crippen LogP contribution in [-0.2, 0) is 22.5 Å². The summed E-state index contributed by atoms with van der Waals surface area (Å²) in [7, 11) is 1.62. The molecule has 8 nitrogen and oxygen atoms in total. The Hall–Kier alpha value is -2.61. The molecule has 2 N–H and O–H groups in total. The average molecular weight is 363 g/mol. The Morgan fingerprint density at radius 2 is 2.08 bits per heavy atom. The molecule has 132 valence electrons. The number of rotatable bonds is 4. The van der Waals surface area contributed by atoms with E-state index in [1.165, 1.54) is 0 Å². The summed E-state index contributed by atoms with van der Waals surface area (Å²) in [6.07, 6.45) is 2.31. The number of oxime groups is 1. The van der Waals surface area contributed by atoms with Gasteiger partial charge in [-0.2, -0.15) is 10.1 Å². The maximum absolute atomic E-state index is 6.24. The lowest BCUT2D eigenvalue weighted by molar-refractivity contribution is 0.204. The van der Waals surface area contributed by atoms with Crippen molar-refractivity contribution >= 4 is 34.8 Å². The number of ether oxygens (including phenoxy) is 1. The second kappa shape index (κ2) is 6.72. The van der Waals surface area contributed by atoms with Gasteiger partial charge in [0.25, 0.3) is 0 Å². The van der Waals surface area contributed by atoms with Crippen LogP contribution >= 0.6 is 11.6 Å². The van der Waals surface area contributed by atoms with Crippen molar-refractivity contribution in [2.45, 2.75) is 33.7 Å². The van der Waals surface area contributed by atoms with Crippen LogP contribution in [0.2, 0.25) is 5.15 Å². The van der Waals surface area contributed by atoms with Crippen LogP contribution in [0.25, 0.3) is 11.0 Å². The Morgan fingerprint density at radius 1 is 1.32 bits per heavy atom. The number of hydrogen-bond donors (Lipinski definition) is 1. The molecule has 1 aliphatic rings. The average Bonchev–Trinajstić information content (AvgIpc) is 2.85. The van der Waals surface area contributed by atoms with Crippen molar-refractivity contribution in [1.82, 2.24) is 19.7 Å². The van der Waals surface area contributed by atoms with Crippen molar-refractivity contribution in [3.05, 3.63) is 33.5 Å². The molecule has 25 heavy (non-hydrogen) atoms. The van der Waals surface area contributed by atoms with Gasteiger partial charge in [0, 0.05) is 11.1 Å². The van der Waals surface area contributed by atoms with Gasteiger partial charge in [0.1, 0.15) is 17.5 Å². The molecule has 0 saturated carbocycles. The number of hydrogen-bond acceptors (Lipinski definition) is 7. The smallest absolute Gasteiger partial charge is 0.223 e. The van der Waals surface area contributed by atoms with Gasteiger partial charge in [-0.15, -0.1) is 0 Å². The van der Waals surface area contributed by atoms with Crippen LogP contribution in [0.1, 0.15) is 26.5 Å². The maximum Gasteiger partial charge on any atom is 0.223 e. The lowest BCUT2D eigenvalue weighted by Crippen LogP contribution is -2.09. The Bertz CT molecular complexity index is 928. The second-order valence-electron chi connectivity index (χ2n) is 5.62. The third-order valence-electron chi connectivity index (χ3n) is 4.00. The molecule has 0 spiro atoms. The van der Waals surface area contributed by atoms with Gasteiger partial charge in [0.05, 0.1) is 24.4 Å². The highest BCUT2D eigenvalue weighted by Gasteiger charge is 2.21. The minimum atomic E-state index is 0.0973. The van der Waals surface area contributed by atoms with Crippen molar-refractivity contribution in [1.29, 1.82) is 0 Å². The summed E-state index contributed by atoms with van der Waals surface area (Å²) in [5.74, 6) is 1.42. The van der Waals surface area contributed by atoms with Crippen molar-refractivity contribution in [3.8, 4) is 0 Å². The van der Waals surface area contributed by atoms with E-state index in [1.807, 2.05) is 20.8 Å². The minimum absolute atomic E-state index is 0.0973. The number of fused-ring (bicyclic) bond motifs is 1. The summed E-state index contributed by atoms with van der Waals surface area (Å²) in [6, 6.07) is 0. The third-order valence-corrected chi connectivity index (χ3v) is 4.27. The molecule has 0 unspecified atom stereocenters. The predicted octanol–water partition coefficient (Wildman–Crippen LogP) is 2.83. The number of aromatic nitrogens is 4. The highest BCUT2D eigenvalue weighted by atomic mass is 35.5. The molecule has 0 amide bonds. The summed E-state index contributed by atoms with van der Waals surface area (Å²) in [4.78, 5) is 13.8. The standard InChI is InChI=1S/C16H19ClN6O2/c1-5-10-12-14(17)20-16(18)21-15(12)23(22-10)7-11-9(3)13(24-4)8(2)6-19-25-11/h6H,5,7H2,1-4H3,(H2,18,20,21). The molecule has 0 radical (unpaired) electrons. The molecule has 0 aromatic carbocycles. The zero-order valence-electron chi connectivity index (χ0n) is 14.5. The van der Waals surface area contributed by atoms with E-state index in [2.05, 4.69) is 20.2 Å². The van der Waals surface area contributed by atoms with Crippen molar-refractivity contribution in [2.75, 3.05) is 12.8 Å². The van der Waals surface area contributed by atoms with E-state index in [9.17, 15) is 0 Å². The van der Waals surface area contributed by atoms with Crippen LogP contribution in [0.15, 0.2) is 27.8 Å². The molecule has 0 bridgehead atoms. The first-order valence-electron chi connectivity index (χ1n) is 7.80. The van der Waals surface area contributed by atoms with Crippen molar-refractivity contribution < 1.29 is 9.57 Å². The fourth-order valence-corrected chi connectivity index (χ4v) is 3.07. The Labute approximate surface area is 150 Å². The normalized spacial score (nSPS) is 14.9. The molecular formula is C16H19ClN6O2. The van der Waals surface area contributed by atoms with Gasteiger partial charge in [-0.25, -0.2) is 9.67 Å². The van der Waals surface area contributed by atoms with Gasteiger partial charge in [-0.1, -0.05) is 23.7 Å². The molecule has 2 aromatic heterocycles. The third kappa shape index (κ3) is 3.05. The summed E-state index contributed by atoms with van der Waals surface area (Å²) in [6.45, 7) is 6.12. The molecule has 1 aliphatic heterocycles. The van der Waals surface area contributed by atoms with Crippen LogP contribution in [0.5, 0.6) is 0 Å². The van der Waals surface area contributed by atoms with Gasteiger partial charge >= 0.3 is 0 Å². The number of anilines is 1. The van der Waals surface area contributed by atoms with Crippen molar-refractivity contribution in [2.24, 2.45) is 5.16 Å². The van der Waals surface area contributed by atoms with Crippen LogP contribution in [0.3, 0.4) is 0 Å². The van der Waals surface area contributed by atoms with E-state index in [-0.39, 0.29) is 5.95 Å². The summed E-state index contributed by atoms with van der Waals surface area (Å²) >= 11 is 6.24. The highest BCUT2D eigenvalue weighted by Crippen LogP contribution is 2.28. The highest BCUT2D eigenvalue weighted by molar-refractivity contribution is 6.34.